The van der Waals surface area contributed by atoms with Gasteiger partial charge in [0.15, 0.2) is 0 Å². The summed E-state index contributed by atoms with van der Waals surface area (Å²) in [5.74, 6) is 0. The van der Waals surface area contributed by atoms with Crippen LogP contribution in [-0.2, 0) is 0 Å². The highest BCUT2D eigenvalue weighted by Gasteiger charge is 2.22. The van der Waals surface area contributed by atoms with Crippen LogP contribution in [0.2, 0.25) is 0 Å². The van der Waals surface area contributed by atoms with Crippen molar-refractivity contribution in [2.24, 2.45) is 0 Å². The summed E-state index contributed by atoms with van der Waals surface area (Å²) >= 11 is 1.85. The number of nitrogens with zero attached hydrogens (tertiary/aromatic N) is 2. The van der Waals surface area contributed by atoms with Crippen molar-refractivity contribution in [2.75, 3.05) is 9.80 Å². The van der Waals surface area contributed by atoms with Gasteiger partial charge in [-0.05, 0) is 107 Å². The van der Waals surface area contributed by atoms with Crippen LogP contribution in [0.1, 0.15) is 0 Å². The van der Waals surface area contributed by atoms with Crippen LogP contribution in [0, 0.1) is 0 Å². The molecule has 10 aromatic carbocycles. The molecule has 0 atom stereocenters. The summed E-state index contributed by atoms with van der Waals surface area (Å²) in [5.41, 5.74) is 10.6. The summed E-state index contributed by atoms with van der Waals surface area (Å²) in [6.07, 6.45) is 0. The van der Waals surface area contributed by atoms with Crippen molar-refractivity contribution < 1.29 is 4.42 Å². The number of fused-ring (bicyclic) bond motifs is 11. The van der Waals surface area contributed by atoms with Crippen LogP contribution in [-0.4, -0.2) is 0 Å². The fourth-order valence-electron chi connectivity index (χ4n) is 9.12. The molecule has 12 rings (SSSR count). The Morgan fingerprint density at radius 3 is 1.63 bits per heavy atom. The molecular formula is C56H36N2OS. The van der Waals surface area contributed by atoms with E-state index < -0.39 is 0 Å². The first-order valence-electron chi connectivity index (χ1n) is 20.3. The Hall–Kier alpha value is -7.66. The van der Waals surface area contributed by atoms with Gasteiger partial charge >= 0.3 is 0 Å². The van der Waals surface area contributed by atoms with Crippen LogP contribution in [0.4, 0.5) is 34.1 Å². The smallest absolute Gasteiger partial charge is 0.143 e. The molecule has 60 heavy (non-hydrogen) atoms. The highest BCUT2D eigenvalue weighted by molar-refractivity contribution is 7.25. The number of anilines is 6. The summed E-state index contributed by atoms with van der Waals surface area (Å²) in [7, 11) is 0. The van der Waals surface area contributed by atoms with E-state index in [2.05, 4.69) is 228 Å². The molecular weight excluding hydrogens is 749 g/mol. The Labute approximate surface area is 351 Å². The lowest BCUT2D eigenvalue weighted by atomic mass is 9.95. The van der Waals surface area contributed by atoms with Crippen LogP contribution >= 0.6 is 11.3 Å². The Balaban J connectivity index is 1.09. The van der Waals surface area contributed by atoms with Crippen molar-refractivity contribution in [3.05, 3.63) is 218 Å². The van der Waals surface area contributed by atoms with Crippen molar-refractivity contribution in [1.82, 2.24) is 0 Å². The zero-order valence-corrected chi connectivity index (χ0v) is 33.3. The van der Waals surface area contributed by atoms with Crippen LogP contribution in [0.5, 0.6) is 0 Å². The van der Waals surface area contributed by atoms with Crippen molar-refractivity contribution in [2.45, 2.75) is 0 Å². The third kappa shape index (κ3) is 5.57. The third-order valence-electron chi connectivity index (χ3n) is 11.8. The van der Waals surface area contributed by atoms with Crippen molar-refractivity contribution in [3.8, 4) is 11.1 Å². The van der Waals surface area contributed by atoms with Crippen molar-refractivity contribution >= 4 is 109 Å². The average molecular weight is 785 g/mol. The van der Waals surface area contributed by atoms with Gasteiger partial charge in [0.2, 0.25) is 0 Å². The molecule has 3 nitrogen and oxygen atoms in total. The van der Waals surface area contributed by atoms with E-state index in [9.17, 15) is 0 Å². The number of hydrogen-bond donors (Lipinski definition) is 0. The van der Waals surface area contributed by atoms with Gasteiger partial charge in [0.1, 0.15) is 11.2 Å². The Morgan fingerprint density at radius 2 is 0.883 bits per heavy atom. The maximum Gasteiger partial charge on any atom is 0.143 e. The summed E-state index contributed by atoms with van der Waals surface area (Å²) in [4.78, 5) is 4.71. The lowest BCUT2D eigenvalue weighted by molar-refractivity contribution is 0.673. The summed E-state index contributed by atoms with van der Waals surface area (Å²) < 4.78 is 9.61. The van der Waals surface area contributed by atoms with E-state index in [1.807, 2.05) is 11.3 Å². The predicted molar refractivity (Wildman–Crippen MR) is 256 cm³/mol. The third-order valence-corrected chi connectivity index (χ3v) is 13.0. The summed E-state index contributed by atoms with van der Waals surface area (Å²) in [6.45, 7) is 0. The van der Waals surface area contributed by atoms with Gasteiger partial charge in [0.25, 0.3) is 0 Å². The van der Waals surface area contributed by atoms with E-state index in [4.69, 9.17) is 4.42 Å². The largest absolute Gasteiger partial charge is 0.455 e. The average Bonchev–Trinajstić information content (AvgIpc) is 3.89. The van der Waals surface area contributed by atoms with Gasteiger partial charge < -0.3 is 14.2 Å². The normalized spacial score (nSPS) is 11.7. The van der Waals surface area contributed by atoms with Crippen molar-refractivity contribution in [1.29, 1.82) is 0 Å². The Kier molecular flexibility index (Phi) is 8.03. The lowest BCUT2D eigenvalue weighted by Gasteiger charge is -2.28. The van der Waals surface area contributed by atoms with Crippen LogP contribution < -0.4 is 9.80 Å². The molecule has 0 spiro atoms. The molecule has 0 aliphatic heterocycles. The molecule has 0 radical (unpaired) electrons. The van der Waals surface area contributed by atoms with E-state index in [0.717, 1.165) is 66.8 Å². The molecule has 282 valence electrons. The molecule has 0 saturated carbocycles. The predicted octanol–water partition coefficient (Wildman–Crippen LogP) is 16.9. The second-order valence-electron chi connectivity index (χ2n) is 15.3. The topological polar surface area (TPSA) is 19.6 Å². The minimum absolute atomic E-state index is 0.857. The van der Waals surface area contributed by atoms with Gasteiger partial charge in [-0.2, -0.15) is 0 Å². The summed E-state index contributed by atoms with van der Waals surface area (Å²) in [5, 5.41) is 9.40. The molecule has 0 aliphatic rings. The van der Waals surface area contributed by atoms with E-state index in [-0.39, 0.29) is 0 Å². The molecule has 0 unspecified atom stereocenters. The first kappa shape index (κ1) is 34.4. The number of para-hydroxylation sites is 3. The maximum absolute atomic E-state index is 7.02. The monoisotopic (exact) mass is 784 g/mol. The molecule has 2 heterocycles. The zero-order valence-electron chi connectivity index (χ0n) is 32.5. The molecule has 4 heteroatoms. The molecule has 0 saturated heterocycles. The van der Waals surface area contributed by atoms with Crippen molar-refractivity contribution in [3.63, 3.8) is 0 Å². The standard InChI is InChI=1S/C56H36N2OS/c1-4-16-37(17-5-1)43-22-12-14-26-51(43)58(41-30-33-54-50(35-41)45-24-13-15-27-53(45)60-54)40-28-31-47-49(34-40)44-23-10-11-25-46(44)55-48-32-29-42(36-52(48)59-56(47)55)57(38-18-6-2-7-19-38)39-20-8-3-9-21-39/h1-36H. The molecule has 0 aliphatic carbocycles. The molecule has 2 aromatic heterocycles. The van der Waals surface area contributed by atoms with Gasteiger partial charge in [-0.15, -0.1) is 11.3 Å². The van der Waals surface area contributed by atoms with Gasteiger partial charge in [0, 0.05) is 76.4 Å². The SMILES string of the molecule is c1ccc(-c2ccccc2N(c2ccc3sc4ccccc4c3c2)c2ccc3c(c2)c2ccccc2c2c4ccc(N(c5ccccc5)c5ccccc5)cc4oc32)cc1. The fraction of sp³-hybridized carbons (Fsp3) is 0. The molecule has 0 amide bonds. The Bertz CT molecular complexity index is 3520. The van der Waals surface area contributed by atoms with Crippen LogP contribution in [0.15, 0.2) is 223 Å². The van der Waals surface area contributed by atoms with Gasteiger partial charge in [-0.1, -0.05) is 127 Å². The second-order valence-corrected chi connectivity index (χ2v) is 16.3. The highest BCUT2D eigenvalue weighted by Crippen LogP contribution is 2.48. The number of rotatable bonds is 7. The summed E-state index contributed by atoms with van der Waals surface area (Å²) in [6, 6.07) is 78.5. The van der Waals surface area contributed by atoms with Crippen LogP contribution in [0.25, 0.3) is 74.8 Å². The molecule has 0 N–H and O–H groups in total. The number of benzene rings is 10. The zero-order chi connectivity index (χ0) is 39.6. The Morgan fingerprint density at radius 1 is 0.333 bits per heavy atom. The highest BCUT2D eigenvalue weighted by atomic mass is 32.1. The maximum atomic E-state index is 7.02. The van der Waals surface area contributed by atoms with Gasteiger partial charge in [-0.25, -0.2) is 0 Å². The van der Waals surface area contributed by atoms with Gasteiger partial charge in [-0.3, -0.25) is 0 Å². The molecule has 0 fully saturated rings. The van der Waals surface area contributed by atoms with Gasteiger partial charge in [0.05, 0.1) is 5.69 Å². The van der Waals surface area contributed by atoms with E-state index in [0.29, 0.717) is 0 Å². The lowest BCUT2D eigenvalue weighted by Crippen LogP contribution is -2.11. The first-order valence-corrected chi connectivity index (χ1v) is 21.2. The number of thiophene rings is 1. The minimum Gasteiger partial charge on any atom is -0.455 e. The quantitative estimate of drug-likeness (QED) is 0.150. The molecule has 0 bridgehead atoms. The first-order chi connectivity index (χ1) is 29.8. The number of hydrogen-bond acceptors (Lipinski definition) is 4. The minimum atomic E-state index is 0.857. The number of furan rings is 1. The molecule has 12 aromatic rings. The van der Waals surface area contributed by atoms with E-state index in [1.165, 1.54) is 42.1 Å². The van der Waals surface area contributed by atoms with Crippen LogP contribution in [0.3, 0.4) is 0 Å². The van der Waals surface area contributed by atoms with E-state index in [1.54, 1.807) is 0 Å². The second kappa shape index (κ2) is 14.0. The van der Waals surface area contributed by atoms with E-state index >= 15 is 0 Å². The fourth-order valence-corrected chi connectivity index (χ4v) is 10.2.